The summed E-state index contributed by atoms with van der Waals surface area (Å²) < 4.78 is 50.5. The van der Waals surface area contributed by atoms with Crippen molar-refractivity contribution in [3.05, 3.63) is 76.4 Å². The van der Waals surface area contributed by atoms with Crippen molar-refractivity contribution in [3.63, 3.8) is 0 Å². The minimum atomic E-state index is -4.48. The van der Waals surface area contributed by atoms with E-state index in [4.69, 9.17) is 9.47 Å². The molecule has 0 radical (unpaired) electrons. The first-order valence-corrected chi connectivity index (χ1v) is 12.3. The Balaban J connectivity index is 1.57. The maximum Gasteiger partial charge on any atom is 0.421 e. The van der Waals surface area contributed by atoms with Crippen molar-refractivity contribution < 1.29 is 32.2 Å². The highest BCUT2D eigenvalue weighted by atomic mass is 19.4. The molecule has 36 heavy (non-hydrogen) atoms. The molecule has 2 aliphatic rings. The van der Waals surface area contributed by atoms with Gasteiger partial charge in [-0.3, -0.25) is 0 Å². The van der Waals surface area contributed by atoms with Crippen molar-refractivity contribution in [2.45, 2.75) is 64.5 Å². The molecule has 2 aromatic rings. The summed E-state index contributed by atoms with van der Waals surface area (Å²) in [4.78, 5) is 25.8. The molecule has 0 N–H and O–H groups in total. The van der Waals surface area contributed by atoms with Crippen LogP contribution in [0, 0.1) is 0 Å². The number of alkyl halides is 3. The van der Waals surface area contributed by atoms with Gasteiger partial charge in [-0.15, -0.1) is 0 Å². The molecule has 0 saturated carbocycles. The van der Waals surface area contributed by atoms with Gasteiger partial charge in [-0.1, -0.05) is 63.1 Å². The molecule has 1 saturated heterocycles. The van der Waals surface area contributed by atoms with Crippen LogP contribution in [0.1, 0.15) is 60.9 Å². The molecule has 2 heterocycles. The lowest BCUT2D eigenvalue weighted by molar-refractivity contribution is -0.246. The number of aryl methyl sites for hydroxylation is 2. The fourth-order valence-corrected chi connectivity index (χ4v) is 4.87. The number of esters is 2. The smallest absolute Gasteiger partial charge is 0.399 e. The van der Waals surface area contributed by atoms with Crippen LogP contribution in [0.2, 0.25) is 0 Å². The number of carbonyl (C=O) groups is 2. The molecule has 1 fully saturated rings. The Morgan fingerprint density at radius 1 is 0.917 bits per heavy atom. The summed E-state index contributed by atoms with van der Waals surface area (Å²) in [5, 5.41) is 0. The molecule has 5 nitrogen and oxygen atoms in total. The summed E-state index contributed by atoms with van der Waals surface area (Å²) in [7, 11) is 0. The van der Waals surface area contributed by atoms with Gasteiger partial charge >= 0.3 is 24.0 Å². The van der Waals surface area contributed by atoms with Crippen LogP contribution in [-0.2, 0) is 44.5 Å². The topological polar surface area (TPSA) is 55.8 Å². The third-order valence-electron chi connectivity index (χ3n) is 6.67. The Hall–Kier alpha value is -3.13. The second-order valence-corrected chi connectivity index (χ2v) is 9.28. The van der Waals surface area contributed by atoms with Crippen LogP contribution < -0.4 is 0 Å². The second kappa shape index (κ2) is 10.5. The van der Waals surface area contributed by atoms with Crippen molar-refractivity contribution >= 4 is 17.5 Å². The monoisotopic (exact) mass is 501 g/mol. The number of benzene rings is 2. The first kappa shape index (κ1) is 25.9. The molecular weight excluding hydrogens is 471 g/mol. The molecule has 2 aliphatic heterocycles. The predicted molar refractivity (Wildman–Crippen MR) is 129 cm³/mol. The Morgan fingerprint density at radius 2 is 1.61 bits per heavy atom. The lowest BCUT2D eigenvalue weighted by Crippen LogP contribution is -2.53. The lowest BCUT2D eigenvalue weighted by Gasteiger charge is -2.40. The van der Waals surface area contributed by atoms with Crippen LogP contribution in [0.15, 0.2) is 48.5 Å². The summed E-state index contributed by atoms with van der Waals surface area (Å²) >= 11 is 0. The van der Waals surface area contributed by atoms with E-state index in [0.29, 0.717) is 24.1 Å². The highest BCUT2D eigenvalue weighted by Gasteiger charge is 2.54. The molecule has 1 spiro atoms. The van der Waals surface area contributed by atoms with Gasteiger partial charge in [-0.25, -0.2) is 14.5 Å². The van der Waals surface area contributed by atoms with Crippen molar-refractivity contribution in [1.82, 2.24) is 4.90 Å². The zero-order valence-electron chi connectivity index (χ0n) is 20.5. The SMILES string of the molecule is CCCc1ccc(CCN2CC=C(c3cccc(C(F)(F)F)c3)CC23OC(=O)C(=O)O3)cc1CCC. The van der Waals surface area contributed by atoms with Crippen LogP contribution in [-0.4, -0.2) is 35.8 Å². The first-order valence-electron chi connectivity index (χ1n) is 12.3. The lowest BCUT2D eigenvalue weighted by atomic mass is 9.94. The average Bonchev–Trinajstić information content (AvgIpc) is 3.12. The van der Waals surface area contributed by atoms with Crippen molar-refractivity contribution in [2.75, 3.05) is 13.1 Å². The zero-order chi connectivity index (χ0) is 25.9. The number of ether oxygens (including phenoxy) is 2. The van der Waals surface area contributed by atoms with Gasteiger partial charge in [0.15, 0.2) is 0 Å². The van der Waals surface area contributed by atoms with E-state index >= 15 is 0 Å². The molecular formula is C28H30F3NO4. The summed E-state index contributed by atoms with van der Waals surface area (Å²) in [5.41, 5.74) is 3.90. The molecule has 0 aliphatic carbocycles. The normalized spacial score (nSPS) is 17.8. The van der Waals surface area contributed by atoms with E-state index in [2.05, 4.69) is 32.0 Å². The quantitative estimate of drug-likeness (QED) is 0.343. The molecule has 192 valence electrons. The number of hydrogen-bond donors (Lipinski definition) is 0. The molecule has 0 bridgehead atoms. The van der Waals surface area contributed by atoms with Gasteiger partial charge in [-0.2, -0.15) is 13.2 Å². The summed E-state index contributed by atoms with van der Waals surface area (Å²) in [5.74, 6) is -3.86. The summed E-state index contributed by atoms with van der Waals surface area (Å²) in [6.07, 6.45) is 2.04. The van der Waals surface area contributed by atoms with E-state index in [1.807, 2.05) is 0 Å². The summed E-state index contributed by atoms with van der Waals surface area (Å²) in [6.45, 7) is 5.00. The minimum absolute atomic E-state index is 0.0533. The average molecular weight is 502 g/mol. The van der Waals surface area contributed by atoms with Crippen molar-refractivity contribution in [1.29, 1.82) is 0 Å². The Kier molecular flexibility index (Phi) is 7.54. The Labute approximate surface area is 208 Å². The summed E-state index contributed by atoms with van der Waals surface area (Å²) in [6, 6.07) is 11.4. The van der Waals surface area contributed by atoms with Crippen LogP contribution in [0.25, 0.3) is 5.57 Å². The molecule has 0 unspecified atom stereocenters. The molecule has 8 heteroatoms. The minimum Gasteiger partial charge on any atom is -0.399 e. The van der Waals surface area contributed by atoms with Gasteiger partial charge in [0.25, 0.3) is 0 Å². The van der Waals surface area contributed by atoms with E-state index in [-0.39, 0.29) is 13.0 Å². The van der Waals surface area contributed by atoms with Crippen molar-refractivity contribution in [3.8, 4) is 0 Å². The molecule has 0 aromatic heterocycles. The molecule has 2 aromatic carbocycles. The van der Waals surface area contributed by atoms with Crippen molar-refractivity contribution in [2.24, 2.45) is 0 Å². The van der Waals surface area contributed by atoms with Gasteiger partial charge in [-0.05, 0) is 59.2 Å². The van der Waals surface area contributed by atoms with Crippen LogP contribution in [0.3, 0.4) is 0 Å². The largest absolute Gasteiger partial charge is 0.421 e. The number of nitrogens with zero attached hydrogens (tertiary/aromatic N) is 1. The number of rotatable bonds is 8. The third-order valence-corrected chi connectivity index (χ3v) is 6.67. The molecule has 0 atom stereocenters. The van der Waals surface area contributed by atoms with Gasteiger partial charge < -0.3 is 9.47 Å². The number of halogens is 3. The highest BCUT2D eigenvalue weighted by molar-refractivity contribution is 6.31. The van der Waals surface area contributed by atoms with Gasteiger partial charge in [0.2, 0.25) is 0 Å². The van der Waals surface area contributed by atoms with E-state index in [1.54, 1.807) is 17.0 Å². The van der Waals surface area contributed by atoms with E-state index in [1.165, 1.54) is 17.2 Å². The maximum absolute atomic E-state index is 13.2. The zero-order valence-corrected chi connectivity index (χ0v) is 20.5. The third kappa shape index (κ3) is 5.48. The van der Waals surface area contributed by atoms with E-state index in [9.17, 15) is 22.8 Å². The van der Waals surface area contributed by atoms with Crippen LogP contribution in [0.5, 0.6) is 0 Å². The molecule has 4 rings (SSSR count). The highest BCUT2D eigenvalue weighted by Crippen LogP contribution is 2.40. The van der Waals surface area contributed by atoms with Crippen LogP contribution in [0.4, 0.5) is 13.2 Å². The fourth-order valence-electron chi connectivity index (χ4n) is 4.87. The number of hydrogen-bond acceptors (Lipinski definition) is 5. The first-order chi connectivity index (χ1) is 17.1. The Morgan fingerprint density at radius 3 is 2.28 bits per heavy atom. The Bertz CT molecular complexity index is 1160. The standard InChI is InChI=1S/C28H30F3NO4/c1-3-6-20-11-10-19(16-21(20)7-4-2)12-14-32-15-13-23(18-27(32)35-25(33)26(34)36-27)22-8-5-9-24(17-22)28(29,30)31/h5,8-11,13,16-17H,3-4,6-7,12,14-15,18H2,1-2H3. The van der Waals surface area contributed by atoms with E-state index in [0.717, 1.165) is 43.4 Å². The predicted octanol–water partition coefficient (Wildman–Crippen LogP) is 5.70. The second-order valence-electron chi connectivity index (χ2n) is 9.28. The maximum atomic E-state index is 13.2. The van der Waals surface area contributed by atoms with Gasteiger partial charge in [0, 0.05) is 13.1 Å². The number of carbonyl (C=O) groups excluding carboxylic acids is 2. The fraction of sp³-hybridized carbons (Fsp3) is 0.429. The van der Waals surface area contributed by atoms with Gasteiger partial charge in [0.05, 0.1) is 12.0 Å². The van der Waals surface area contributed by atoms with E-state index < -0.39 is 29.6 Å². The molecule has 0 amide bonds. The van der Waals surface area contributed by atoms with Crippen LogP contribution >= 0.6 is 0 Å². The van der Waals surface area contributed by atoms with Gasteiger partial charge in [0.1, 0.15) is 0 Å².